The van der Waals surface area contributed by atoms with E-state index in [1.165, 1.54) is 11.1 Å². The van der Waals surface area contributed by atoms with E-state index in [0.717, 1.165) is 37.9 Å². The fourth-order valence-electron chi connectivity index (χ4n) is 2.07. The van der Waals surface area contributed by atoms with Gasteiger partial charge in [-0.3, -0.25) is 0 Å². The molecule has 1 rings (SSSR count). The van der Waals surface area contributed by atoms with Crippen LogP contribution in [0.15, 0.2) is 18.2 Å². The Bertz CT molecular complexity index is 421. The summed E-state index contributed by atoms with van der Waals surface area (Å²) in [6.07, 6.45) is 3.11. The summed E-state index contributed by atoms with van der Waals surface area (Å²) >= 11 is 4.98. The summed E-state index contributed by atoms with van der Waals surface area (Å²) < 4.78 is 0. The zero-order valence-corrected chi connectivity index (χ0v) is 12.7. The quantitative estimate of drug-likeness (QED) is 0.566. The van der Waals surface area contributed by atoms with Crippen molar-refractivity contribution in [3.05, 3.63) is 34.9 Å². The molecule has 4 heteroatoms. The fourth-order valence-corrected chi connectivity index (χ4v) is 2.19. The number of nitrogens with two attached hydrogens (primary N) is 1. The van der Waals surface area contributed by atoms with Gasteiger partial charge in [0.15, 0.2) is 0 Å². The minimum absolute atomic E-state index is 0.295. The number of aliphatic hydroxyl groups excluding tert-OH is 1. The number of rotatable bonds is 8. The lowest BCUT2D eigenvalue weighted by atomic mass is 10.0. The standard InChI is InChI=1S/C15H24N2OS/c1-12-10-13(15(16)19)6-7-14(12)11-17(2)8-4-3-5-9-18/h6-7,10,18H,3-5,8-9,11H2,1-2H3,(H2,16,19). The molecule has 0 saturated carbocycles. The number of unbranched alkanes of at least 4 members (excludes halogenated alkanes) is 2. The molecule has 0 spiro atoms. The minimum atomic E-state index is 0.295. The van der Waals surface area contributed by atoms with Crippen molar-refractivity contribution >= 4 is 17.2 Å². The Labute approximate surface area is 121 Å². The van der Waals surface area contributed by atoms with Gasteiger partial charge < -0.3 is 15.7 Å². The van der Waals surface area contributed by atoms with Crippen molar-refractivity contribution < 1.29 is 5.11 Å². The van der Waals surface area contributed by atoms with Crippen LogP contribution in [-0.4, -0.2) is 35.2 Å². The Morgan fingerprint density at radius 3 is 2.63 bits per heavy atom. The second kappa shape index (κ2) is 8.25. The van der Waals surface area contributed by atoms with Crippen molar-refractivity contribution in [1.82, 2.24) is 4.90 Å². The van der Waals surface area contributed by atoms with Crippen molar-refractivity contribution in [2.45, 2.75) is 32.7 Å². The van der Waals surface area contributed by atoms with Gasteiger partial charge in [-0.2, -0.15) is 0 Å². The first-order valence-electron chi connectivity index (χ1n) is 6.73. The SMILES string of the molecule is Cc1cc(C(N)=S)ccc1CN(C)CCCCCO. The van der Waals surface area contributed by atoms with Crippen LogP contribution in [0.4, 0.5) is 0 Å². The highest BCUT2D eigenvalue weighted by atomic mass is 32.1. The Balaban J connectivity index is 2.50. The third-order valence-corrected chi connectivity index (χ3v) is 3.50. The molecule has 106 valence electrons. The Morgan fingerprint density at radius 1 is 1.32 bits per heavy atom. The van der Waals surface area contributed by atoms with Crippen molar-refractivity contribution in [3.63, 3.8) is 0 Å². The summed E-state index contributed by atoms with van der Waals surface area (Å²) in [6.45, 7) is 4.37. The van der Waals surface area contributed by atoms with E-state index in [1.54, 1.807) is 0 Å². The number of aryl methyl sites for hydroxylation is 1. The smallest absolute Gasteiger partial charge is 0.103 e. The van der Waals surface area contributed by atoms with E-state index in [1.807, 2.05) is 6.07 Å². The molecule has 1 aromatic rings. The molecule has 0 saturated heterocycles. The monoisotopic (exact) mass is 280 g/mol. The average Bonchev–Trinajstić information content (AvgIpc) is 2.37. The minimum Gasteiger partial charge on any atom is -0.396 e. The van der Waals surface area contributed by atoms with Crippen molar-refractivity contribution in [2.75, 3.05) is 20.2 Å². The summed E-state index contributed by atoms with van der Waals surface area (Å²) in [5.74, 6) is 0. The van der Waals surface area contributed by atoms with Crippen LogP contribution in [-0.2, 0) is 6.54 Å². The molecule has 0 aromatic heterocycles. The summed E-state index contributed by atoms with van der Waals surface area (Å²) in [5, 5.41) is 8.74. The molecule has 0 atom stereocenters. The molecule has 0 aliphatic carbocycles. The first kappa shape index (κ1) is 16.1. The van der Waals surface area contributed by atoms with Gasteiger partial charge in [-0.05, 0) is 57.0 Å². The molecular formula is C15H24N2OS. The van der Waals surface area contributed by atoms with Gasteiger partial charge in [0.2, 0.25) is 0 Å². The Morgan fingerprint density at radius 2 is 2.05 bits per heavy atom. The van der Waals surface area contributed by atoms with E-state index in [-0.39, 0.29) is 0 Å². The van der Waals surface area contributed by atoms with Gasteiger partial charge in [0.25, 0.3) is 0 Å². The molecule has 0 amide bonds. The lowest BCUT2D eigenvalue weighted by molar-refractivity contribution is 0.271. The molecule has 0 aliphatic heterocycles. The van der Waals surface area contributed by atoms with Crippen LogP contribution in [0.3, 0.4) is 0 Å². The van der Waals surface area contributed by atoms with Crippen LogP contribution in [0.2, 0.25) is 0 Å². The Hall–Kier alpha value is -0.970. The van der Waals surface area contributed by atoms with E-state index in [9.17, 15) is 0 Å². The number of hydrogen-bond acceptors (Lipinski definition) is 3. The van der Waals surface area contributed by atoms with Gasteiger partial charge in [0.1, 0.15) is 4.99 Å². The van der Waals surface area contributed by atoms with E-state index >= 15 is 0 Å². The second-order valence-electron chi connectivity index (χ2n) is 5.03. The predicted octanol–water partition coefficient (Wildman–Crippen LogP) is 2.22. The molecule has 3 N–H and O–H groups in total. The number of aliphatic hydroxyl groups is 1. The Kier molecular flexibility index (Phi) is 6.99. The second-order valence-corrected chi connectivity index (χ2v) is 5.47. The molecule has 1 aromatic carbocycles. The fraction of sp³-hybridized carbons (Fsp3) is 0.533. The van der Waals surface area contributed by atoms with Gasteiger partial charge in [-0.15, -0.1) is 0 Å². The molecule has 19 heavy (non-hydrogen) atoms. The first-order chi connectivity index (χ1) is 9.04. The average molecular weight is 280 g/mol. The van der Waals surface area contributed by atoms with Gasteiger partial charge >= 0.3 is 0 Å². The molecule has 0 radical (unpaired) electrons. The molecule has 0 heterocycles. The zero-order chi connectivity index (χ0) is 14.3. The van der Waals surface area contributed by atoms with Gasteiger partial charge in [-0.25, -0.2) is 0 Å². The van der Waals surface area contributed by atoms with Crippen molar-refractivity contribution in [3.8, 4) is 0 Å². The normalized spacial score (nSPS) is 10.9. The zero-order valence-electron chi connectivity index (χ0n) is 11.9. The molecule has 0 unspecified atom stereocenters. The van der Waals surface area contributed by atoms with E-state index in [4.69, 9.17) is 23.1 Å². The van der Waals surface area contributed by atoms with Gasteiger partial charge in [0.05, 0.1) is 0 Å². The maximum Gasteiger partial charge on any atom is 0.103 e. The van der Waals surface area contributed by atoms with Gasteiger partial charge in [-0.1, -0.05) is 24.4 Å². The summed E-state index contributed by atoms with van der Waals surface area (Å²) in [4.78, 5) is 2.76. The van der Waals surface area contributed by atoms with Crippen LogP contribution in [0.25, 0.3) is 0 Å². The lowest BCUT2D eigenvalue weighted by Crippen LogP contribution is -2.20. The molecule has 0 bridgehead atoms. The highest BCUT2D eigenvalue weighted by Gasteiger charge is 2.05. The van der Waals surface area contributed by atoms with Crippen LogP contribution in [0, 0.1) is 6.92 Å². The number of hydrogen-bond donors (Lipinski definition) is 2. The highest BCUT2D eigenvalue weighted by molar-refractivity contribution is 7.80. The van der Waals surface area contributed by atoms with Crippen LogP contribution in [0.1, 0.15) is 36.0 Å². The molecule has 0 aliphatic rings. The number of nitrogens with zero attached hydrogens (tertiary/aromatic N) is 1. The third-order valence-electron chi connectivity index (χ3n) is 3.27. The van der Waals surface area contributed by atoms with Crippen molar-refractivity contribution in [2.24, 2.45) is 5.73 Å². The lowest BCUT2D eigenvalue weighted by Gasteiger charge is -2.18. The van der Waals surface area contributed by atoms with Crippen LogP contribution < -0.4 is 5.73 Å². The van der Waals surface area contributed by atoms with Crippen LogP contribution in [0.5, 0.6) is 0 Å². The first-order valence-corrected chi connectivity index (χ1v) is 7.14. The predicted molar refractivity (Wildman–Crippen MR) is 84.3 cm³/mol. The largest absolute Gasteiger partial charge is 0.396 e. The number of benzene rings is 1. The topological polar surface area (TPSA) is 49.5 Å². The summed E-state index contributed by atoms with van der Waals surface area (Å²) in [6, 6.07) is 6.15. The molecular weight excluding hydrogens is 256 g/mol. The molecule has 0 fully saturated rings. The summed E-state index contributed by atoms with van der Waals surface area (Å²) in [7, 11) is 2.12. The van der Waals surface area contributed by atoms with Crippen LogP contribution >= 0.6 is 12.2 Å². The molecule has 3 nitrogen and oxygen atoms in total. The number of thiocarbonyl (C=S) groups is 1. The third kappa shape index (κ3) is 5.68. The maximum absolute atomic E-state index is 8.74. The van der Waals surface area contributed by atoms with Gasteiger partial charge in [0, 0.05) is 18.7 Å². The van der Waals surface area contributed by atoms with E-state index < -0.39 is 0 Å². The highest BCUT2D eigenvalue weighted by Crippen LogP contribution is 2.13. The van der Waals surface area contributed by atoms with E-state index in [0.29, 0.717) is 11.6 Å². The van der Waals surface area contributed by atoms with Crippen molar-refractivity contribution in [1.29, 1.82) is 0 Å². The summed E-state index contributed by atoms with van der Waals surface area (Å²) in [5.41, 5.74) is 9.10. The maximum atomic E-state index is 8.74. The van der Waals surface area contributed by atoms with E-state index in [2.05, 4.69) is 31.0 Å².